The molecule has 2 nitrogen and oxygen atoms in total. The van der Waals surface area contributed by atoms with E-state index in [1.807, 2.05) is 0 Å². The van der Waals surface area contributed by atoms with Crippen molar-refractivity contribution in [2.75, 3.05) is 12.4 Å². The first-order chi connectivity index (χ1) is 7.02. The summed E-state index contributed by atoms with van der Waals surface area (Å²) in [5.41, 5.74) is 1.29. The van der Waals surface area contributed by atoms with Gasteiger partial charge in [0, 0.05) is 18.4 Å². The number of fused-ring (bicyclic) bond motifs is 1. The summed E-state index contributed by atoms with van der Waals surface area (Å²) >= 11 is 0. The topological polar surface area (TPSA) is 24.9 Å². The Balaban J connectivity index is 2.53. The molecule has 0 bridgehead atoms. The Bertz CT molecular complexity index is 385. The highest BCUT2D eigenvalue weighted by Gasteiger charge is 2.34. The molecular formula is C10H11F3N2. The van der Waals surface area contributed by atoms with E-state index in [0.29, 0.717) is 17.8 Å². The van der Waals surface area contributed by atoms with E-state index in [4.69, 9.17) is 0 Å². The lowest BCUT2D eigenvalue weighted by Crippen LogP contribution is -2.11. The van der Waals surface area contributed by atoms with E-state index in [2.05, 4.69) is 10.3 Å². The Hall–Kier alpha value is -1.26. The highest BCUT2D eigenvalue weighted by Crippen LogP contribution is 2.34. The Morgan fingerprint density at radius 3 is 2.67 bits per heavy atom. The van der Waals surface area contributed by atoms with Crippen LogP contribution in [0.1, 0.15) is 23.4 Å². The first-order valence-electron chi connectivity index (χ1n) is 4.80. The van der Waals surface area contributed by atoms with Crippen LogP contribution in [0.25, 0.3) is 0 Å². The minimum Gasteiger partial charge on any atom is -0.388 e. The lowest BCUT2D eigenvalue weighted by atomic mass is 10.1. The summed E-state index contributed by atoms with van der Waals surface area (Å²) in [5.74, 6) is 0. The number of alkyl halides is 3. The minimum absolute atomic E-state index is 0.560. The fourth-order valence-corrected chi connectivity index (χ4v) is 1.91. The smallest absolute Gasteiger partial charge is 0.388 e. The Labute approximate surface area is 85.5 Å². The summed E-state index contributed by atoms with van der Waals surface area (Å²) in [6.45, 7) is 0. The molecule has 1 aromatic heterocycles. The van der Waals surface area contributed by atoms with Gasteiger partial charge < -0.3 is 5.32 Å². The summed E-state index contributed by atoms with van der Waals surface area (Å²) in [6.07, 6.45) is -2.01. The van der Waals surface area contributed by atoms with Crippen LogP contribution in [0.2, 0.25) is 0 Å². The monoisotopic (exact) mass is 216 g/mol. The molecule has 0 atom stereocenters. The molecular weight excluding hydrogens is 205 g/mol. The van der Waals surface area contributed by atoms with Crippen molar-refractivity contribution < 1.29 is 13.2 Å². The predicted molar refractivity (Wildman–Crippen MR) is 50.8 cm³/mol. The summed E-state index contributed by atoms with van der Waals surface area (Å²) in [6, 6.07) is 1.09. The molecule has 0 spiro atoms. The number of rotatable bonds is 1. The zero-order chi connectivity index (χ0) is 11.1. The van der Waals surface area contributed by atoms with Gasteiger partial charge >= 0.3 is 6.18 Å². The summed E-state index contributed by atoms with van der Waals surface area (Å²) in [4.78, 5) is 3.67. The number of hydrogen-bond donors (Lipinski definition) is 1. The van der Waals surface area contributed by atoms with Crippen molar-refractivity contribution >= 4 is 5.69 Å². The third-order valence-corrected chi connectivity index (χ3v) is 2.61. The van der Waals surface area contributed by atoms with Gasteiger partial charge in [0.1, 0.15) is 5.69 Å². The van der Waals surface area contributed by atoms with Gasteiger partial charge in [-0.15, -0.1) is 0 Å². The van der Waals surface area contributed by atoms with E-state index in [9.17, 15) is 13.2 Å². The van der Waals surface area contributed by atoms with Crippen LogP contribution in [-0.2, 0) is 19.0 Å². The van der Waals surface area contributed by atoms with E-state index < -0.39 is 11.9 Å². The van der Waals surface area contributed by atoms with Crippen LogP contribution in [0.5, 0.6) is 0 Å². The maximum absolute atomic E-state index is 12.5. The molecule has 0 saturated carbocycles. The predicted octanol–water partition coefficient (Wildman–Crippen LogP) is 2.63. The molecule has 0 aliphatic heterocycles. The quantitative estimate of drug-likeness (QED) is 0.780. The highest BCUT2D eigenvalue weighted by atomic mass is 19.4. The van der Waals surface area contributed by atoms with Crippen LogP contribution in [-0.4, -0.2) is 12.0 Å². The molecule has 0 unspecified atom stereocenters. The van der Waals surface area contributed by atoms with Crippen molar-refractivity contribution in [3.8, 4) is 0 Å². The summed E-state index contributed by atoms with van der Waals surface area (Å²) in [5, 5.41) is 2.80. The van der Waals surface area contributed by atoms with E-state index >= 15 is 0 Å². The average Bonchev–Trinajstić information content (AvgIpc) is 2.62. The van der Waals surface area contributed by atoms with Crippen molar-refractivity contribution in [3.05, 3.63) is 23.0 Å². The molecule has 0 amide bonds. The number of nitrogens with zero attached hydrogens (tertiary/aromatic N) is 1. The molecule has 15 heavy (non-hydrogen) atoms. The third kappa shape index (κ3) is 1.78. The van der Waals surface area contributed by atoms with Gasteiger partial charge in [0.15, 0.2) is 0 Å². The molecule has 1 aliphatic carbocycles. The van der Waals surface area contributed by atoms with Gasteiger partial charge in [0.05, 0.1) is 0 Å². The number of nitrogens with one attached hydrogen (secondary N) is 1. The molecule has 2 rings (SSSR count). The normalized spacial score (nSPS) is 15.2. The molecule has 0 fully saturated rings. The SMILES string of the molecule is CNc1cc(C(F)(F)F)nc2c1CCC2. The van der Waals surface area contributed by atoms with Crippen LogP contribution in [0.3, 0.4) is 0 Å². The number of aromatic nitrogens is 1. The van der Waals surface area contributed by atoms with Crippen molar-refractivity contribution in [1.29, 1.82) is 0 Å². The number of pyridine rings is 1. The zero-order valence-electron chi connectivity index (χ0n) is 8.28. The van der Waals surface area contributed by atoms with Crippen LogP contribution in [0.4, 0.5) is 18.9 Å². The van der Waals surface area contributed by atoms with Gasteiger partial charge in [-0.25, -0.2) is 4.98 Å². The Kier molecular flexibility index (Phi) is 2.32. The van der Waals surface area contributed by atoms with Gasteiger partial charge in [0.25, 0.3) is 0 Å². The lowest BCUT2D eigenvalue weighted by Gasteiger charge is -2.12. The zero-order valence-corrected chi connectivity index (χ0v) is 8.28. The maximum Gasteiger partial charge on any atom is 0.433 e. The summed E-state index contributed by atoms with van der Waals surface area (Å²) < 4.78 is 37.4. The molecule has 1 heterocycles. The van der Waals surface area contributed by atoms with Crippen molar-refractivity contribution in [2.24, 2.45) is 0 Å². The maximum atomic E-state index is 12.5. The highest BCUT2D eigenvalue weighted by molar-refractivity contribution is 5.55. The van der Waals surface area contributed by atoms with Gasteiger partial charge in [-0.05, 0) is 30.9 Å². The van der Waals surface area contributed by atoms with Crippen LogP contribution < -0.4 is 5.32 Å². The Morgan fingerprint density at radius 2 is 2.07 bits per heavy atom. The van der Waals surface area contributed by atoms with E-state index in [-0.39, 0.29) is 0 Å². The third-order valence-electron chi connectivity index (χ3n) is 2.61. The molecule has 1 N–H and O–H groups in total. The second-order valence-electron chi connectivity index (χ2n) is 3.58. The van der Waals surface area contributed by atoms with Crippen LogP contribution in [0.15, 0.2) is 6.07 Å². The molecule has 0 radical (unpaired) electrons. The average molecular weight is 216 g/mol. The minimum atomic E-state index is -4.36. The number of anilines is 1. The van der Waals surface area contributed by atoms with Gasteiger partial charge in [0.2, 0.25) is 0 Å². The van der Waals surface area contributed by atoms with E-state index in [0.717, 1.165) is 24.5 Å². The van der Waals surface area contributed by atoms with Crippen LogP contribution in [0, 0.1) is 0 Å². The fraction of sp³-hybridized carbons (Fsp3) is 0.500. The van der Waals surface area contributed by atoms with E-state index in [1.54, 1.807) is 7.05 Å². The van der Waals surface area contributed by atoms with Crippen molar-refractivity contribution in [1.82, 2.24) is 4.98 Å². The fourth-order valence-electron chi connectivity index (χ4n) is 1.91. The van der Waals surface area contributed by atoms with E-state index in [1.165, 1.54) is 0 Å². The first kappa shape index (κ1) is 10.3. The molecule has 1 aromatic rings. The second-order valence-corrected chi connectivity index (χ2v) is 3.58. The van der Waals surface area contributed by atoms with Gasteiger partial charge in [-0.1, -0.05) is 0 Å². The standard InChI is InChI=1S/C10H11F3N2/c1-14-8-5-9(10(11,12)13)15-7-4-2-3-6(7)8/h5H,2-4H2,1H3,(H,14,15). The van der Waals surface area contributed by atoms with Crippen molar-refractivity contribution in [2.45, 2.75) is 25.4 Å². The number of halogens is 3. The lowest BCUT2D eigenvalue weighted by molar-refractivity contribution is -0.141. The van der Waals surface area contributed by atoms with Crippen LogP contribution >= 0.6 is 0 Å². The molecule has 5 heteroatoms. The number of aryl methyl sites for hydroxylation is 1. The molecule has 0 saturated heterocycles. The first-order valence-corrected chi connectivity index (χ1v) is 4.80. The molecule has 1 aliphatic rings. The van der Waals surface area contributed by atoms with Gasteiger partial charge in [-0.3, -0.25) is 0 Å². The largest absolute Gasteiger partial charge is 0.433 e. The number of hydrogen-bond acceptors (Lipinski definition) is 2. The molecule has 0 aromatic carbocycles. The second kappa shape index (κ2) is 3.40. The van der Waals surface area contributed by atoms with Gasteiger partial charge in [-0.2, -0.15) is 13.2 Å². The van der Waals surface area contributed by atoms with Crippen molar-refractivity contribution in [3.63, 3.8) is 0 Å². The Morgan fingerprint density at radius 1 is 1.33 bits per heavy atom. The summed E-state index contributed by atoms with van der Waals surface area (Å²) in [7, 11) is 1.63. The molecule has 82 valence electrons.